The van der Waals surface area contributed by atoms with Crippen LogP contribution >= 0.6 is 0 Å². The van der Waals surface area contributed by atoms with Crippen LogP contribution in [-0.2, 0) is 0 Å². The Morgan fingerprint density at radius 2 is 1.86 bits per heavy atom. The normalized spacial score (nSPS) is 41.2. The molecule has 0 aromatic heterocycles. The lowest BCUT2D eigenvalue weighted by Crippen LogP contribution is -2.48. The summed E-state index contributed by atoms with van der Waals surface area (Å²) in [5, 5.41) is 0. The third-order valence-corrected chi connectivity index (χ3v) is 9.18. The van der Waals surface area contributed by atoms with Crippen molar-refractivity contribution in [1.82, 2.24) is 0 Å². The van der Waals surface area contributed by atoms with Crippen molar-refractivity contribution in [2.75, 3.05) is 0 Å². The molecule has 0 heteroatoms. The number of fused-ring (bicyclic) bond motifs is 5. The van der Waals surface area contributed by atoms with Gasteiger partial charge in [-0.3, -0.25) is 0 Å². The second kappa shape index (κ2) is 8.37. The molecule has 28 heavy (non-hydrogen) atoms. The molecule has 0 aliphatic heterocycles. The molecule has 0 N–H and O–H groups in total. The Bertz CT molecular complexity index is 662. The van der Waals surface area contributed by atoms with E-state index in [9.17, 15) is 0 Å². The molecule has 0 spiro atoms. The minimum absolute atomic E-state index is 0.399. The van der Waals surface area contributed by atoms with E-state index in [1.807, 2.05) is 13.8 Å². The molecule has 0 heterocycles. The van der Waals surface area contributed by atoms with E-state index in [1.165, 1.54) is 62.5 Å². The molecule has 0 bridgehead atoms. The molecule has 0 amide bonds. The molecule has 0 nitrogen and oxygen atoms in total. The first-order valence-electron chi connectivity index (χ1n) is 12.1. The zero-order chi connectivity index (χ0) is 20.5. The van der Waals surface area contributed by atoms with E-state index in [0.29, 0.717) is 10.8 Å². The van der Waals surface area contributed by atoms with Crippen molar-refractivity contribution in [1.29, 1.82) is 0 Å². The summed E-state index contributed by atoms with van der Waals surface area (Å²) in [6.45, 7) is 20.0. The molecule has 156 valence electrons. The zero-order valence-electron chi connectivity index (χ0n) is 19.3. The van der Waals surface area contributed by atoms with E-state index in [2.05, 4.69) is 52.2 Å². The summed E-state index contributed by atoms with van der Waals surface area (Å²) in [6.07, 6.45) is 19.6. The third kappa shape index (κ3) is 3.50. The lowest BCUT2D eigenvalue weighted by Gasteiger charge is -2.56. The van der Waals surface area contributed by atoms with Gasteiger partial charge in [-0.2, -0.15) is 0 Å². The Morgan fingerprint density at radius 1 is 1.11 bits per heavy atom. The van der Waals surface area contributed by atoms with Crippen molar-refractivity contribution >= 4 is 0 Å². The van der Waals surface area contributed by atoms with Crippen LogP contribution in [0.2, 0.25) is 0 Å². The molecule has 0 radical (unpaired) electrons. The van der Waals surface area contributed by atoms with Crippen molar-refractivity contribution < 1.29 is 0 Å². The Balaban J connectivity index is 0.00000109. The van der Waals surface area contributed by atoms with Crippen LogP contribution in [0.5, 0.6) is 0 Å². The van der Waals surface area contributed by atoms with Gasteiger partial charge in [-0.25, -0.2) is 0 Å². The molecule has 0 saturated heterocycles. The van der Waals surface area contributed by atoms with Gasteiger partial charge in [0.25, 0.3) is 0 Å². The van der Waals surface area contributed by atoms with E-state index in [1.54, 1.807) is 5.57 Å². The quantitative estimate of drug-likeness (QED) is 0.428. The van der Waals surface area contributed by atoms with E-state index in [-0.39, 0.29) is 0 Å². The van der Waals surface area contributed by atoms with E-state index < -0.39 is 0 Å². The number of allylic oxidation sites excluding steroid dienone is 6. The molecule has 0 aromatic carbocycles. The summed E-state index contributed by atoms with van der Waals surface area (Å²) >= 11 is 0. The summed E-state index contributed by atoms with van der Waals surface area (Å²) in [5.41, 5.74) is 5.32. The highest BCUT2D eigenvalue weighted by molar-refractivity contribution is 5.41. The molecular formula is C28H44. The molecular weight excluding hydrogens is 336 g/mol. The highest BCUT2D eigenvalue weighted by atomic mass is 14.6. The maximum Gasteiger partial charge on any atom is -0.00382 e. The van der Waals surface area contributed by atoms with Crippen LogP contribution in [0.4, 0.5) is 0 Å². The van der Waals surface area contributed by atoms with Crippen LogP contribution in [0.15, 0.2) is 48.1 Å². The summed E-state index contributed by atoms with van der Waals surface area (Å²) in [4.78, 5) is 0. The zero-order valence-corrected chi connectivity index (χ0v) is 19.3. The van der Waals surface area contributed by atoms with Crippen LogP contribution < -0.4 is 0 Å². The summed E-state index contributed by atoms with van der Waals surface area (Å²) < 4.78 is 0. The molecule has 4 aliphatic carbocycles. The monoisotopic (exact) mass is 380 g/mol. The summed E-state index contributed by atoms with van der Waals surface area (Å²) in [6, 6.07) is 0. The van der Waals surface area contributed by atoms with Gasteiger partial charge in [0.2, 0.25) is 0 Å². The largest absolute Gasteiger partial charge is 0.0999 e. The van der Waals surface area contributed by atoms with Crippen LogP contribution in [0, 0.1) is 34.5 Å². The van der Waals surface area contributed by atoms with Crippen molar-refractivity contribution in [3.63, 3.8) is 0 Å². The van der Waals surface area contributed by atoms with Crippen molar-refractivity contribution in [2.24, 2.45) is 34.5 Å². The summed E-state index contributed by atoms with van der Waals surface area (Å²) in [5.74, 6) is 3.48. The minimum Gasteiger partial charge on any atom is -0.0999 e. The van der Waals surface area contributed by atoms with Gasteiger partial charge in [0, 0.05) is 0 Å². The molecule has 4 rings (SSSR count). The smallest absolute Gasteiger partial charge is 0.00382 e. The van der Waals surface area contributed by atoms with Crippen molar-refractivity contribution in [3.05, 3.63) is 48.1 Å². The van der Waals surface area contributed by atoms with Crippen LogP contribution in [0.25, 0.3) is 0 Å². The Kier molecular flexibility index (Phi) is 6.48. The highest BCUT2D eigenvalue weighted by Gasteiger charge is 2.57. The lowest BCUT2D eigenvalue weighted by molar-refractivity contribution is -0.0151. The number of rotatable bonds is 4. The third-order valence-electron chi connectivity index (χ3n) is 9.18. The molecule has 6 atom stereocenters. The first kappa shape index (κ1) is 21.7. The Labute approximate surface area is 175 Å². The predicted octanol–water partition coefficient (Wildman–Crippen LogP) is 8.67. The van der Waals surface area contributed by atoms with Gasteiger partial charge in [-0.1, -0.05) is 77.2 Å². The molecule has 4 aliphatic rings. The van der Waals surface area contributed by atoms with Gasteiger partial charge in [-0.05, 0) is 97.9 Å². The molecule has 2 saturated carbocycles. The second-order valence-electron chi connectivity index (χ2n) is 10.3. The van der Waals surface area contributed by atoms with Crippen LogP contribution in [-0.4, -0.2) is 0 Å². The molecule has 0 aromatic rings. The van der Waals surface area contributed by atoms with Crippen LogP contribution in [0.1, 0.15) is 92.4 Å². The fourth-order valence-corrected chi connectivity index (χ4v) is 7.22. The topological polar surface area (TPSA) is 0 Å². The fraction of sp³-hybridized carbons (Fsp3) is 0.714. The van der Waals surface area contributed by atoms with Gasteiger partial charge in [0.1, 0.15) is 0 Å². The maximum absolute atomic E-state index is 4.26. The average molecular weight is 381 g/mol. The van der Waals surface area contributed by atoms with E-state index in [0.717, 1.165) is 30.1 Å². The van der Waals surface area contributed by atoms with Gasteiger partial charge < -0.3 is 0 Å². The second-order valence-corrected chi connectivity index (χ2v) is 10.3. The maximum atomic E-state index is 4.26. The van der Waals surface area contributed by atoms with Gasteiger partial charge in [-0.15, -0.1) is 0 Å². The SMILES string of the molecule is C=C1C=C2C=CC3C(CCC4(C)C3CC[C@H]4CCC(=C)CC)C2(C)CC1.CC. The number of hydrogen-bond acceptors (Lipinski definition) is 0. The van der Waals surface area contributed by atoms with Crippen molar-refractivity contribution in [3.8, 4) is 0 Å². The minimum atomic E-state index is 0.399. The predicted molar refractivity (Wildman–Crippen MR) is 124 cm³/mol. The van der Waals surface area contributed by atoms with Crippen molar-refractivity contribution in [2.45, 2.75) is 92.4 Å². The van der Waals surface area contributed by atoms with Gasteiger partial charge in [0.15, 0.2) is 0 Å². The standard InChI is InChI=1S/C26H38.C2H6/c1-6-18(2)7-8-20-10-12-23-22-11-9-21-17-19(3)13-15-26(21,5)24(22)14-16-25(20,23)4;1-2/h9,11,17,20,22-24H,2-3,6-8,10,12-16H2,1,4-5H3;1-2H3/t20-,22?,23?,24?,25?,26?;/m1./s1. The Morgan fingerprint density at radius 3 is 2.57 bits per heavy atom. The molecule has 5 unspecified atom stereocenters. The van der Waals surface area contributed by atoms with E-state index in [4.69, 9.17) is 0 Å². The first-order chi connectivity index (χ1) is 13.4. The highest BCUT2D eigenvalue weighted by Crippen LogP contribution is 2.66. The van der Waals surface area contributed by atoms with Gasteiger partial charge in [0.05, 0.1) is 0 Å². The lowest BCUT2D eigenvalue weighted by atomic mass is 9.48. The first-order valence-corrected chi connectivity index (χ1v) is 12.1. The van der Waals surface area contributed by atoms with Gasteiger partial charge >= 0.3 is 0 Å². The summed E-state index contributed by atoms with van der Waals surface area (Å²) in [7, 11) is 0. The van der Waals surface area contributed by atoms with Crippen LogP contribution in [0.3, 0.4) is 0 Å². The fourth-order valence-electron chi connectivity index (χ4n) is 7.22. The average Bonchev–Trinajstić information content (AvgIpc) is 3.04. The Hall–Kier alpha value is -1.04. The number of hydrogen-bond donors (Lipinski definition) is 0. The van der Waals surface area contributed by atoms with E-state index >= 15 is 0 Å². The molecule has 2 fully saturated rings.